The summed E-state index contributed by atoms with van der Waals surface area (Å²) in [5.74, 6) is 0. The Morgan fingerprint density at radius 1 is 0.889 bits per heavy atom. The van der Waals surface area contributed by atoms with Gasteiger partial charge in [0.05, 0.1) is 25.7 Å². The second-order valence-electron chi connectivity index (χ2n) is 3.23. The van der Waals surface area contributed by atoms with E-state index in [0.29, 0.717) is 4.90 Å². The van der Waals surface area contributed by atoms with Crippen molar-refractivity contribution in [3.63, 3.8) is 0 Å². The molecule has 1 heterocycles. The molecule has 0 amide bonds. The third-order valence-corrected chi connectivity index (χ3v) is 5.28. The quantitative estimate of drug-likeness (QED) is 0.730. The standard InChI is InChI=1S/C11H5Cl4NOS/c12-7-9(8(13)11(15)16-10(7)14)18(17)6-4-2-1-3-5-6/h1-5H/t18-/m1/s1. The van der Waals surface area contributed by atoms with Crippen LogP contribution in [0.2, 0.25) is 20.4 Å². The van der Waals surface area contributed by atoms with E-state index in [1.54, 1.807) is 24.3 Å². The average Bonchev–Trinajstić information content (AvgIpc) is 2.37. The zero-order valence-electron chi connectivity index (χ0n) is 8.66. The van der Waals surface area contributed by atoms with Crippen molar-refractivity contribution in [2.45, 2.75) is 9.79 Å². The van der Waals surface area contributed by atoms with Gasteiger partial charge in [0.15, 0.2) is 10.3 Å². The van der Waals surface area contributed by atoms with E-state index < -0.39 is 10.8 Å². The average molecular weight is 341 g/mol. The predicted octanol–water partition coefficient (Wildman–Crippen LogP) is 4.86. The highest BCUT2D eigenvalue weighted by atomic mass is 35.5. The Hall–Kier alpha value is -0.320. The van der Waals surface area contributed by atoms with Gasteiger partial charge in [-0.3, -0.25) is 0 Å². The first-order chi connectivity index (χ1) is 8.52. The summed E-state index contributed by atoms with van der Waals surface area (Å²) >= 11 is 23.6. The van der Waals surface area contributed by atoms with Crippen molar-refractivity contribution >= 4 is 57.2 Å². The van der Waals surface area contributed by atoms with Gasteiger partial charge in [-0.2, -0.15) is 0 Å². The third kappa shape index (κ3) is 2.65. The minimum atomic E-state index is -1.56. The summed E-state index contributed by atoms with van der Waals surface area (Å²) in [7, 11) is -1.56. The molecule has 1 aromatic heterocycles. The van der Waals surface area contributed by atoms with Gasteiger partial charge in [0.25, 0.3) is 0 Å². The molecule has 0 spiro atoms. The van der Waals surface area contributed by atoms with Crippen LogP contribution in [0.1, 0.15) is 0 Å². The molecule has 0 radical (unpaired) electrons. The zero-order chi connectivity index (χ0) is 13.3. The third-order valence-electron chi connectivity index (χ3n) is 2.10. The molecule has 1 aromatic carbocycles. The summed E-state index contributed by atoms with van der Waals surface area (Å²) in [4.78, 5) is 4.47. The van der Waals surface area contributed by atoms with Crippen molar-refractivity contribution < 1.29 is 4.21 Å². The van der Waals surface area contributed by atoms with E-state index in [4.69, 9.17) is 46.4 Å². The fourth-order valence-corrected chi connectivity index (χ4v) is 3.71. The van der Waals surface area contributed by atoms with E-state index in [1.807, 2.05) is 6.07 Å². The summed E-state index contributed by atoms with van der Waals surface area (Å²) in [6.07, 6.45) is 0. The minimum Gasteiger partial charge on any atom is -0.249 e. The normalized spacial score (nSPS) is 12.4. The van der Waals surface area contributed by atoms with Gasteiger partial charge in [-0.15, -0.1) is 0 Å². The Labute approximate surface area is 126 Å². The van der Waals surface area contributed by atoms with Gasteiger partial charge in [0, 0.05) is 4.90 Å². The molecule has 2 aromatic rings. The van der Waals surface area contributed by atoms with E-state index in [1.165, 1.54) is 0 Å². The molecule has 1 atom stereocenters. The van der Waals surface area contributed by atoms with Gasteiger partial charge in [-0.05, 0) is 12.1 Å². The van der Waals surface area contributed by atoms with Crippen LogP contribution in [0.15, 0.2) is 40.1 Å². The molecule has 0 aliphatic carbocycles. The molecular weight excluding hydrogens is 336 g/mol. The molecule has 2 nitrogen and oxygen atoms in total. The highest BCUT2D eigenvalue weighted by molar-refractivity contribution is 7.85. The number of nitrogens with zero attached hydrogens (tertiary/aromatic N) is 1. The van der Waals surface area contributed by atoms with Gasteiger partial charge in [0.1, 0.15) is 0 Å². The fourth-order valence-electron chi connectivity index (χ4n) is 1.29. The summed E-state index contributed by atoms with van der Waals surface area (Å²) in [6.45, 7) is 0. The first-order valence-electron chi connectivity index (χ1n) is 4.69. The highest BCUT2D eigenvalue weighted by Crippen LogP contribution is 2.38. The van der Waals surface area contributed by atoms with Gasteiger partial charge in [-0.25, -0.2) is 9.19 Å². The highest BCUT2D eigenvalue weighted by Gasteiger charge is 2.21. The first-order valence-corrected chi connectivity index (χ1v) is 7.35. The molecule has 0 fully saturated rings. The lowest BCUT2D eigenvalue weighted by Gasteiger charge is -2.09. The van der Waals surface area contributed by atoms with Crippen LogP contribution < -0.4 is 0 Å². The molecule has 0 aliphatic rings. The van der Waals surface area contributed by atoms with E-state index in [-0.39, 0.29) is 25.2 Å². The van der Waals surface area contributed by atoms with Crippen molar-refractivity contribution in [2.75, 3.05) is 0 Å². The number of halogens is 4. The van der Waals surface area contributed by atoms with Gasteiger partial charge >= 0.3 is 0 Å². The second-order valence-corrected chi connectivity index (χ2v) is 6.12. The van der Waals surface area contributed by atoms with Crippen LogP contribution >= 0.6 is 46.4 Å². The van der Waals surface area contributed by atoms with Crippen molar-refractivity contribution in [1.29, 1.82) is 0 Å². The number of pyridine rings is 1. The maximum Gasteiger partial charge on any atom is 0.150 e. The van der Waals surface area contributed by atoms with Crippen LogP contribution in [0, 0.1) is 0 Å². The maximum atomic E-state index is 12.4. The van der Waals surface area contributed by atoms with E-state index in [9.17, 15) is 4.21 Å². The molecule has 94 valence electrons. The molecule has 0 aliphatic heterocycles. The van der Waals surface area contributed by atoms with Crippen molar-refractivity contribution in [1.82, 2.24) is 4.98 Å². The van der Waals surface area contributed by atoms with Gasteiger partial charge < -0.3 is 0 Å². The monoisotopic (exact) mass is 339 g/mol. The lowest BCUT2D eigenvalue weighted by molar-refractivity contribution is 0.683. The summed E-state index contributed by atoms with van der Waals surface area (Å²) < 4.78 is 12.4. The molecule has 0 N–H and O–H groups in total. The van der Waals surface area contributed by atoms with E-state index in [0.717, 1.165) is 0 Å². The largest absolute Gasteiger partial charge is 0.249 e. The van der Waals surface area contributed by atoms with Crippen LogP contribution in [-0.4, -0.2) is 9.19 Å². The Kier molecular flexibility index (Phi) is 4.51. The molecule has 0 bridgehead atoms. The Morgan fingerprint density at radius 2 is 1.39 bits per heavy atom. The smallest absolute Gasteiger partial charge is 0.150 e. The van der Waals surface area contributed by atoms with Crippen molar-refractivity contribution in [3.05, 3.63) is 50.7 Å². The molecular formula is C11H5Cl4NOS. The second kappa shape index (κ2) is 5.76. The van der Waals surface area contributed by atoms with Crippen LogP contribution in [0.5, 0.6) is 0 Å². The molecule has 0 saturated heterocycles. The lowest BCUT2D eigenvalue weighted by atomic mass is 10.4. The number of benzene rings is 1. The summed E-state index contributed by atoms with van der Waals surface area (Å²) in [5.41, 5.74) is 0. The maximum absolute atomic E-state index is 12.4. The van der Waals surface area contributed by atoms with Crippen molar-refractivity contribution in [3.8, 4) is 0 Å². The van der Waals surface area contributed by atoms with Gasteiger partial charge in [-0.1, -0.05) is 64.6 Å². The summed E-state index contributed by atoms with van der Waals surface area (Å²) in [5, 5.41) is 0.0530. The van der Waals surface area contributed by atoms with Crippen LogP contribution in [0.4, 0.5) is 0 Å². The first kappa shape index (κ1) is 14.1. The minimum absolute atomic E-state index is 0.0228. The van der Waals surface area contributed by atoms with E-state index in [2.05, 4.69) is 4.98 Å². The molecule has 0 unspecified atom stereocenters. The molecule has 7 heteroatoms. The molecule has 0 saturated carbocycles. The zero-order valence-corrected chi connectivity index (χ0v) is 12.5. The topological polar surface area (TPSA) is 30.0 Å². The van der Waals surface area contributed by atoms with Crippen LogP contribution in [0.3, 0.4) is 0 Å². The number of rotatable bonds is 2. The Balaban J connectivity index is 2.62. The lowest BCUT2D eigenvalue weighted by Crippen LogP contribution is -1.98. The van der Waals surface area contributed by atoms with Crippen LogP contribution in [-0.2, 0) is 10.8 Å². The predicted molar refractivity (Wildman–Crippen MR) is 75.4 cm³/mol. The molecule has 18 heavy (non-hydrogen) atoms. The summed E-state index contributed by atoms with van der Waals surface area (Å²) in [6, 6.07) is 8.74. The van der Waals surface area contributed by atoms with Crippen LogP contribution in [0.25, 0.3) is 0 Å². The number of hydrogen-bond donors (Lipinski definition) is 0. The SMILES string of the molecule is O=[S@](c1ccccc1)c1c(Cl)c(Cl)nc(Cl)c1Cl. The van der Waals surface area contributed by atoms with E-state index >= 15 is 0 Å². The Morgan fingerprint density at radius 3 is 1.89 bits per heavy atom. The van der Waals surface area contributed by atoms with Gasteiger partial charge in [0.2, 0.25) is 0 Å². The number of aromatic nitrogens is 1. The Bertz CT molecular complexity index is 592. The molecule has 2 rings (SSSR count). The fraction of sp³-hybridized carbons (Fsp3) is 0. The van der Waals surface area contributed by atoms with Crippen molar-refractivity contribution in [2.24, 2.45) is 0 Å². The number of hydrogen-bond acceptors (Lipinski definition) is 2.